The number of hydrogen-bond acceptors (Lipinski definition) is 4. The molecule has 0 aromatic rings. The Hall–Kier alpha value is -0.610. The molecule has 4 nitrogen and oxygen atoms in total. The average Bonchev–Trinajstić information content (AvgIpc) is 2.10. The number of carbonyl (C=O) groups excluding carboxylic acids is 1. The molecule has 0 aromatic heterocycles. The molecule has 0 bridgehead atoms. The minimum atomic E-state index is -0.237. The standard InChI is InChI=1S/C8H17NO3/c1-7(4-5-11-2)9-6-8(10)12-3/h7,9H,4-6H2,1-3H3. The van der Waals surface area contributed by atoms with Crippen molar-refractivity contribution in [3.05, 3.63) is 0 Å². The zero-order chi connectivity index (χ0) is 9.40. The van der Waals surface area contributed by atoms with E-state index in [1.54, 1.807) is 7.11 Å². The molecule has 0 saturated carbocycles. The van der Waals surface area contributed by atoms with Crippen molar-refractivity contribution in [2.45, 2.75) is 19.4 Å². The Kier molecular flexibility index (Phi) is 6.70. The lowest BCUT2D eigenvalue weighted by Gasteiger charge is -2.11. The van der Waals surface area contributed by atoms with E-state index in [2.05, 4.69) is 10.1 Å². The third kappa shape index (κ3) is 6.12. The Morgan fingerprint density at radius 1 is 1.50 bits per heavy atom. The topological polar surface area (TPSA) is 47.6 Å². The largest absolute Gasteiger partial charge is 0.468 e. The molecule has 0 aliphatic rings. The molecule has 12 heavy (non-hydrogen) atoms. The number of rotatable bonds is 6. The van der Waals surface area contributed by atoms with Crippen LogP contribution in [0.1, 0.15) is 13.3 Å². The van der Waals surface area contributed by atoms with Crippen LogP contribution >= 0.6 is 0 Å². The van der Waals surface area contributed by atoms with Gasteiger partial charge in [-0.25, -0.2) is 0 Å². The van der Waals surface area contributed by atoms with Gasteiger partial charge in [-0.15, -0.1) is 0 Å². The lowest BCUT2D eigenvalue weighted by molar-refractivity contribution is -0.139. The van der Waals surface area contributed by atoms with Crippen LogP contribution in [0.5, 0.6) is 0 Å². The monoisotopic (exact) mass is 175 g/mol. The molecule has 0 rings (SSSR count). The van der Waals surface area contributed by atoms with E-state index in [0.717, 1.165) is 6.42 Å². The second-order valence-corrected chi connectivity index (χ2v) is 2.64. The lowest BCUT2D eigenvalue weighted by Crippen LogP contribution is -2.32. The van der Waals surface area contributed by atoms with E-state index in [9.17, 15) is 4.79 Å². The predicted molar refractivity (Wildman–Crippen MR) is 46.0 cm³/mol. The summed E-state index contributed by atoms with van der Waals surface area (Å²) in [5, 5.41) is 3.01. The highest BCUT2D eigenvalue weighted by Crippen LogP contribution is 1.89. The van der Waals surface area contributed by atoms with Gasteiger partial charge in [0.25, 0.3) is 0 Å². The molecule has 1 atom stereocenters. The summed E-state index contributed by atoms with van der Waals surface area (Å²) in [6.45, 7) is 2.97. The van der Waals surface area contributed by atoms with Crippen LogP contribution in [-0.2, 0) is 14.3 Å². The molecule has 0 amide bonds. The Labute approximate surface area is 73.2 Å². The van der Waals surface area contributed by atoms with Gasteiger partial charge in [0.05, 0.1) is 13.7 Å². The van der Waals surface area contributed by atoms with Gasteiger partial charge in [0.15, 0.2) is 0 Å². The van der Waals surface area contributed by atoms with Gasteiger partial charge in [-0.3, -0.25) is 4.79 Å². The van der Waals surface area contributed by atoms with Crippen LogP contribution in [0.2, 0.25) is 0 Å². The minimum Gasteiger partial charge on any atom is -0.468 e. The second kappa shape index (κ2) is 7.06. The van der Waals surface area contributed by atoms with Crippen molar-refractivity contribution in [3.63, 3.8) is 0 Å². The molecular weight excluding hydrogens is 158 g/mol. The maximum atomic E-state index is 10.7. The summed E-state index contributed by atoms with van der Waals surface area (Å²) in [5.74, 6) is -0.237. The first kappa shape index (κ1) is 11.4. The van der Waals surface area contributed by atoms with Crippen LogP contribution in [0.4, 0.5) is 0 Å². The fourth-order valence-electron chi connectivity index (χ4n) is 0.726. The van der Waals surface area contributed by atoms with Crippen molar-refractivity contribution in [3.8, 4) is 0 Å². The van der Waals surface area contributed by atoms with E-state index < -0.39 is 0 Å². The first-order chi connectivity index (χ1) is 5.70. The van der Waals surface area contributed by atoms with E-state index >= 15 is 0 Å². The first-order valence-electron chi connectivity index (χ1n) is 3.99. The molecule has 4 heteroatoms. The summed E-state index contributed by atoms with van der Waals surface area (Å²) < 4.78 is 9.36. The molecule has 0 saturated heterocycles. The third-order valence-corrected chi connectivity index (χ3v) is 1.58. The zero-order valence-corrected chi connectivity index (χ0v) is 7.92. The molecule has 0 fully saturated rings. The van der Waals surface area contributed by atoms with E-state index in [4.69, 9.17) is 4.74 Å². The highest BCUT2D eigenvalue weighted by Gasteiger charge is 2.03. The summed E-state index contributed by atoms with van der Waals surface area (Å²) in [5.41, 5.74) is 0. The van der Waals surface area contributed by atoms with Gasteiger partial charge in [-0.05, 0) is 13.3 Å². The highest BCUT2D eigenvalue weighted by molar-refractivity contribution is 5.71. The Bertz CT molecular complexity index is 127. The van der Waals surface area contributed by atoms with Gasteiger partial charge in [-0.2, -0.15) is 0 Å². The van der Waals surface area contributed by atoms with Gasteiger partial charge in [0, 0.05) is 19.8 Å². The smallest absolute Gasteiger partial charge is 0.319 e. The van der Waals surface area contributed by atoms with Crippen molar-refractivity contribution < 1.29 is 14.3 Å². The Morgan fingerprint density at radius 2 is 2.17 bits per heavy atom. The quantitative estimate of drug-likeness (QED) is 0.585. The summed E-state index contributed by atoms with van der Waals surface area (Å²) in [6, 6.07) is 0.282. The van der Waals surface area contributed by atoms with Crippen molar-refractivity contribution in [1.29, 1.82) is 0 Å². The minimum absolute atomic E-state index is 0.237. The predicted octanol–water partition coefficient (Wildman–Crippen LogP) is 0.174. The van der Waals surface area contributed by atoms with Gasteiger partial charge in [-0.1, -0.05) is 0 Å². The SMILES string of the molecule is COCCC(C)NCC(=O)OC. The van der Waals surface area contributed by atoms with Crippen LogP contribution in [0.25, 0.3) is 0 Å². The van der Waals surface area contributed by atoms with E-state index in [1.807, 2.05) is 6.92 Å². The van der Waals surface area contributed by atoms with E-state index in [-0.39, 0.29) is 18.6 Å². The van der Waals surface area contributed by atoms with Gasteiger partial charge < -0.3 is 14.8 Å². The van der Waals surface area contributed by atoms with Crippen molar-refractivity contribution in [2.24, 2.45) is 0 Å². The molecule has 1 N–H and O–H groups in total. The van der Waals surface area contributed by atoms with E-state index in [1.165, 1.54) is 7.11 Å². The molecule has 0 heterocycles. The number of carbonyl (C=O) groups is 1. The average molecular weight is 175 g/mol. The molecule has 1 unspecified atom stereocenters. The molecule has 0 radical (unpaired) electrons. The van der Waals surface area contributed by atoms with Crippen molar-refractivity contribution in [1.82, 2.24) is 5.32 Å². The van der Waals surface area contributed by atoms with Gasteiger partial charge >= 0.3 is 5.97 Å². The molecule has 72 valence electrons. The summed E-state index contributed by atoms with van der Waals surface area (Å²) >= 11 is 0. The van der Waals surface area contributed by atoms with Crippen LogP contribution in [0, 0.1) is 0 Å². The molecule has 0 aliphatic heterocycles. The van der Waals surface area contributed by atoms with Crippen LogP contribution in [0.15, 0.2) is 0 Å². The van der Waals surface area contributed by atoms with Crippen LogP contribution in [-0.4, -0.2) is 39.4 Å². The normalized spacial score (nSPS) is 12.6. The van der Waals surface area contributed by atoms with E-state index in [0.29, 0.717) is 6.61 Å². The fraction of sp³-hybridized carbons (Fsp3) is 0.875. The van der Waals surface area contributed by atoms with Crippen molar-refractivity contribution in [2.75, 3.05) is 27.4 Å². The molecule has 0 spiro atoms. The first-order valence-corrected chi connectivity index (χ1v) is 3.99. The molecule has 0 aliphatic carbocycles. The van der Waals surface area contributed by atoms with Gasteiger partial charge in [0.1, 0.15) is 0 Å². The maximum absolute atomic E-state index is 10.7. The zero-order valence-electron chi connectivity index (χ0n) is 7.92. The number of nitrogens with one attached hydrogen (secondary N) is 1. The Balaban J connectivity index is 3.30. The summed E-state index contributed by atoms with van der Waals surface area (Å²) in [7, 11) is 3.04. The summed E-state index contributed by atoms with van der Waals surface area (Å²) in [4.78, 5) is 10.7. The number of ether oxygens (including phenoxy) is 2. The van der Waals surface area contributed by atoms with Gasteiger partial charge in [0.2, 0.25) is 0 Å². The highest BCUT2D eigenvalue weighted by atomic mass is 16.5. The fourth-order valence-corrected chi connectivity index (χ4v) is 0.726. The lowest BCUT2D eigenvalue weighted by atomic mass is 10.2. The summed E-state index contributed by atoms with van der Waals surface area (Å²) in [6.07, 6.45) is 0.896. The molecule has 0 aromatic carbocycles. The maximum Gasteiger partial charge on any atom is 0.319 e. The van der Waals surface area contributed by atoms with Crippen molar-refractivity contribution >= 4 is 5.97 Å². The third-order valence-electron chi connectivity index (χ3n) is 1.58. The second-order valence-electron chi connectivity index (χ2n) is 2.64. The molecular formula is C8H17NO3. The number of methoxy groups -OCH3 is 2. The number of hydrogen-bond donors (Lipinski definition) is 1. The van der Waals surface area contributed by atoms with Crippen LogP contribution < -0.4 is 5.32 Å². The number of esters is 1. The Morgan fingerprint density at radius 3 is 2.67 bits per heavy atom. The van der Waals surface area contributed by atoms with Crippen LogP contribution in [0.3, 0.4) is 0 Å².